The summed E-state index contributed by atoms with van der Waals surface area (Å²) in [6.07, 6.45) is 3.77. The molecule has 0 aliphatic rings. The number of nitrogens with zero attached hydrogens (tertiary/aromatic N) is 3. The Morgan fingerprint density at radius 3 is 2.45 bits per heavy atom. The minimum atomic E-state index is -3.06. The number of hydrogen-bond donors (Lipinski definition) is 2. The molecule has 2 N–H and O–H groups in total. The number of amides is 1. The molecule has 0 aliphatic heterocycles. The molecule has 0 saturated carbocycles. The van der Waals surface area contributed by atoms with Crippen LogP contribution in [0.5, 0.6) is 11.5 Å². The van der Waals surface area contributed by atoms with Gasteiger partial charge in [0, 0.05) is 18.5 Å². The number of alkyl halides is 2. The SMILES string of the molecule is COc1ccc(CC(=O)NCc2cc(Cc3nc4c(ncn4C(CCCc4ccccc4)C(C)=O)c(=O)[nH]3)ccc2OC(F)F)cc1. The van der Waals surface area contributed by atoms with Gasteiger partial charge in [-0.25, -0.2) is 9.97 Å². The van der Waals surface area contributed by atoms with Gasteiger partial charge in [-0.05, 0) is 67.1 Å². The molecule has 0 radical (unpaired) electrons. The highest BCUT2D eigenvalue weighted by molar-refractivity contribution is 5.82. The number of Topliss-reactive ketones (excluding diaryl/α,β-unsaturated/α-hetero) is 1. The Hall–Kier alpha value is -5.39. The number of aryl methyl sites for hydroxylation is 1. The fraction of sp³-hybridized carbons (Fsp3) is 0.286. The van der Waals surface area contributed by atoms with Crippen LogP contribution in [0.15, 0.2) is 83.9 Å². The third-order valence-corrected chi connectivity index (χ3v) is 7.78. The zero-order chi connectivity index (χ0) is 33.3. The monoisotopic (exact) mass is 643 g/mol. The topological polar surface area (TPSA) is 128 Å². The normalized spacial score (nSPS) is 11.9. The molecular weight excluding hydrogens is 608 g/mol. The molecule has 0 bridgehead atoms. The first kappa shape index (κ1) is 33.0. The maximum atomic E-state index is 13.2. The first-order chi connectivity index (χ1) is 22.7. The van der Waals surface area contributed by atoms with Crippen LogP contribution in [0.2, 0.25) is 0 Å². The van der Waals surface area contributed by atoms with Gasteiger partial charge < -0.3 is 24.3 Å². The van der Waals surface area contributed by atoms with Crippen LogP contribution < -0.4 is 20.3 Å². The predicted molar refractivity (Wildman–Crippen MR) is 172 cm³/mol. The number of ketones is 1. The average Bonchev–Trinajstić information content (AvgIpc) is 3.47. The number of benzene rings is 3. The second-order valence-electron chi connectivity index (χ2n) is 11.1. The lowest BCUT2D eigenvalue weighted by atomic mass is 10.0. The molecule has 3 aromatic carbocycles. The number of aromatic amines is 1. The molecule has 2 aromatic heterocycles. The van der Waals surface area contributed by atoms with Gasteiger partial charge in [0.05, 0.1) is 25.9 Å². The molecule has 2 heterocycles. The lowest BCUT2D eigenvalue weighted by Crippen LogP contribution is -2.25. The van der Waals surface area contributed by atoms with Crippen molar-refractivity contribution in [3.63, 3.8) is 0 Å². The lowest BCUT2D eigenvalue weighted by molar-refractivity contribution is -0.121. The minimum Gasteiger partial charge on any atom is -0.497 e. The summed E-state index contributed by atoms with van der Waals surface area (Å²) in [6.45, 7) is -1.62. The highest BCUT2D eigenvalue weighted by Crippen LogP contribution is 2.25. The Morgan fingerprint density at radius 1 is 1.00 bits per heavy atom. The van der Waals surface area contributed by atoms with E-state index in [1.54, 1.807) is 48.1 Å². The van der Waals surface area contributed by atoms with Crippen LogP contribution in [-0.2, 0) is 35.4 Å². The van der Waals surface area contributed by atoms with Crippen LogP contribution in [-0.4, -0.2) is 44.9 Å². The van der Waals surface area contributed by atoms with Crippen molar-refractivity contribution >= 4 is 22.9 Å². The lowest BCUT2D eigenvalue weighted by Gasteiger charge is -2.16. The zero-order valence-corrected chi connectivity index (χ0v) is 26.0. The minimum absolute atomic E-state index is 0.0656. The molecule has 12 heteroatoms. The van der Waals surface area contributed by atoms with E-state index in [1.165, 1.54) is 24.9 Å². The van der Waals surface area contributed by atoms with E-state index in [0.29, 0.717) is 29.1 Å². The fourth-order valence-electron chi connectivity index (χ4n) is 5.44. The molecular formula is C35H35F2N5O5. The van der Waals surface area contributed by atoms with E-state index in [2.05, 4.69) is 20.3 Å². The summed E-state index contributed by atoms with van der Waals surface area (Å²) < 4.78 is 37.8. The van der Waals surface area contributed by atoms with Crippen LogP contribution in [0.1, 0.15) is 53.9 Å². The largest absolute Gasteiger partial charge is 0.497 e. The molecule has 0 saturated heterocycles. The molecule has 10 nitrogen and oxygen atoms in total. The number of imidazole rings is 1. The van der Waals surface area contributed by atoms with Crippen molar-refractivity contribution in [2.45, 2.75) is 58.2 Å². The first-order valence-corrected chi connectivity index (χ1v) is 15.2. The number of methoxy groups -OCH3 is 1. The van der Waals surface area contributed by atoms with Crippen LogP contribution in [0.25, 0.3) is 11.2 Å². The summed E-state index contributed by atoms with van der Waals surface area (Å²) in [4.78, 5) is 50.0. The van der Waals surface area contributed by atoms with Crippen molar-refractivity contribution in [1.29, 1.82) is 0 Å². The zero-order valence-electron chi connectivity index (χ0n) is 26.0. The van der Waals surface area contributed by atoms with Crippen LogP contribution >= 0.6 is 0 Å². The molecule has 0 spiro atoms. The summed E-state index contributed by atoms with van der Waals surface area (Å²) in [7, 11) is 1.55. The van der Waals surface area contributed by atoms with E-state index in [9.17, 15) is 23.2 Å². The van der Waals surface area contributed by atoms with Gasteiger partial charge in [0.15, 0.2) is 16.9 Å². The number of aromatic nitrogens is 4. The van der Waals surface area contributed by atoms with E-state index in [0.717, 1.165) is 18.4 Å². The predicted octanol–water partition coefficient (Wildman–Crippen LogP) is 5.33. The van der Waals surface area contributed by atoms with E-state index in [4.69, 9.17) is 9.47 Å². The van der Waals surface area contributed by atoms with E-state index >= 15 is 0 Å². The van der Waals surface area contributed by atoms with Crippen LogP contribution in [0.3, 0.4) is 0 Å². The maximum absolute atomic E-state index is 13.2. The Labute approximate surface area is 269 Å². The van der Waals surface area contributed by atoms with Crippen molar-refractivity contribution in [2.24, 2.45) is 0 Å². The molecule has 1 amide bonds. The van der Waals surface area contributed by atoms with Crippen LogP contribution in [0, 0.1) is 0 Å². The molecule has 1 atom stereocenters. The van der Waals surface area contributed by atoms with Gasteiger partial charge >= 0.3 is 6.61 Å². The summed E-state index contributed by atoms with van der Waals surface area (Å²) in [5, 5.41) is 2.76. The average molecular weight is 644 g/mol. The van der Waals surface area contributed by atoms with Crippen molar-refractivity contribution in [3.05, 3.63) is 118 Å². The molecule has 1 unspecified atom stereocenters. The number of hydrogen-bond acceptors (Lipinski definition) is 7. The smallest absolute Gasteiger partial charge is 0.387 e. The highest BCUT2D eigenvalue weighted by atomic mass is 19.3. The van der Waals surface area contributed by atoms with Gasteiger partial charge in [0.25, 0.3) is 5.56 Å². The number of rotatable bonds is 15. The summed E-state index contributed by atoms with van der Waals surface area (Å²) in [5.74, 6) is 0.499. The number of carbonyl (C=O) groups is 2. The van der Waals surface area contributed by atoms with Crippen molar-refractivity contribution in [3.8, 4) is 11.5 Å². The molecule has 5 aromatic rings. The molecule has 47 heavy (non-hydrogen) atoms. The second-order valence-corrected chi connectivity index (χ2v) is 11.1. The standard InChI is InChI=1S/C35H35F2N5O5/c1-22(43)28(10-6-9-23-7-4-3-5-8-23)42-21-39-32-33(42)40-30(41-34(32)45)18-25-13-16-29(47-35(36)37)26(17-25)20-38-31(44)19-24-11-14-27(46-2)15-12-24/h3-5,7-8,11-17,21,28,35H,6,9-10,18-20H2,1-2H3,(H,38,44)(H,40,41,45). The fourth-order valence-corrected chi connectivity index (χ4v) is 5.44. The van der Waals surface area contributed by atoms with Crippen LogP contribution in [0.4, 0.5) is 8.78 Å². The summed E-state index contributed by atoms with van der Waals surface area (Å²) in [6, 6.07) is 21.1. The number of nitrogens with one attached hydrogen (secondary N) is 2. The maximum Gasteiger partial charge on any atom is 0.387 e. The number of ether oxygens (including phenoxy) is 2. The quantitative estimate of drug-likeness (QED) is 0.158. The van der Waals surface area contributed by atoms with Gasteiger partial charge in [-0.3, -0.25) is 14.4 Å². The Morgan fingerprint density at radius 2 is 1.74 bits per heavy atom. The Kier molecular flexibility index (Phi) is 10.7. The van der Waals surface area contributed by atoms with Gasteiger partial charge in [-0.1, -0.05) is 48.5 Å². The number of halogens is 2. The molecule has 0 aliphatic carbocycles. The van der Waals surface area contributed by atoms with Crippen molar-refractivity contribution < 1.29 is 27.8 Å². The van der Waals surface area contributed by atoms with Gasteiger partial charge in [0.1, 0.15) is 17.3 Å². The summed E-state index contributed by atoms with van der Waals surface area (Å²) in [5.41, 5.74) is 2.83. The molecule has 5 rings (SSSR count). The van der Waals surface area contributed by atoms with Gasteiger partial charge in [-0.15, -0.1) is 0 Å². The molecule has 0 fully saturated rings. The number of H-pyrrole nitrogens is 1. The van der Waals surface area contributed by atoms with Gasteiger partial charge in [-0.2, -0.15) is 8.78 Å². The number of carbonyl (C=O) groups excluding carboxylic acids is 2. The van der Waals surface area contributed by atoms with Gasteiger partial charge in [0.2, 0.25) is 5.91 Å². The Bertz CT molecular complexity index is 1890. The number of fused-ring (bicyclic) bond motifs is 1. The third kappa shape index (κ3) is 8.66. The Balaban J connectivity index is 1.33. The van der Waals surface area contributed by atoms with Crippen molar-refractivity contribution in [1.82, 2.24) is 24.8 Å². The van der Waals surface area contributed by atoms with E-state index in [-0.39, 0.29) is 48.0 Å². The molecule has 244 valence electrons. The summed E-state index contributed by atoms with van der Waals surface area (Å²) >= 11 is 0. The highest BCUT2D eigenvalue weighted by Gasteiger charge is 2.21. The first-order valence-electron chi connectivity index (χ1n) is 15.2. The van der Waals surface area contributed by atoms with E-state index < -0.39 is 18.2 Å². The van der Waals surface area contributed by atoms with E-state index in [1.807, 2.05) is 30.3 Å². The second kappa shape index (κ2) is 15.3. The van der Waals surface area contributed by atoms with Crippen molar-refractivity contribution in [2.75, 3.05) is 7.11 Å². The third-order valence-electron chi connectivity index (χ3n) is 7.78.